The van der Waals surface area contributed by atoms with Crippen LogP contribution in [0.3, 0.4) is 0 Å². The summed E-state index contributed by atoms with van der Waals surface area (Å²) in [6, 6.07) is 84.7. The first-order valence-electron chi connectivity index (χ1n) is 21.6. The second-order valence-corrected chi connectivity index (χ2v) is 17.6. The van der Waals surface area contributed by atoms with Gasteiger partial charge in [0, 0.05) is 53.0 Å². The summed E-state index contributed by atoms with van der Waals surface area (Å²) < 4.78 is 7.53. The van der Waals surface area contributed by atoms with Gasteiger partial charge < -0.3 is 9.13 Å². The predicted octanol–water partition coefficient (Wildman–Crippen LogP) is 16.9. The van der Waals surface area contributed by atoms with Crippen molar-refractivity contribution in [2.75, 3.05) is 0 Å². The molecular formula is C60H38N2S. The number of hydrogen-bond acceptors (Lipinski definition) is 1. The zero-order valence-electron chi connectivity index (χ0n) is 34.2. The fraction of sp³-hybridized carbons (Fsp3) is 0. The highest BCUT2D eigenvalue weighted by atomic mass is 32.1. The minimum atomic E-state index is 1.15. The van der Waals surface area contributed by atoms with Crippen LogP contribution in [0.2, 0.25) is 0 Å². The molecule has 0 saturated heterocycles. The average Bonchev–Trinajstić information content (AvgIpc) is 4.01. The minimum absolute atomic E-state index is 1.15. The maximum atomic E-state index is 2.45. The predicted molar refractivity (Wildman–Crippen MR) is 270 cm³/mol. The van der Waals surface area contributed by atoms with Crippen LogP contribution < -0.4 is 0 Å². The Bertz CT molecular complexity index is 3900. The van der Waals surface area contributed by atoms with Gasteiger partial charge in [-0.15, -0.1) is 11.3 Å². The summed E-state index contributed by atoms with van der Waals surface area (Å²) in [5.41, 5.74) is 16.8. The van der Waals surface area contributed by atoms with E-state index in [4.69, 9.17) is 0 Å². The lowest BCUT2D eigenvalue weighted by Gasteiger charge is -2.14. The molecule has 0 bridgehead atoms. The molecule has 2 nitrogen and oxygen atoms in total. The highest BCUT2D eigenvalue weighted by Crippen LogP contribution is 2.42. The molecular weight excluding hydrogens is 781 g/mol. The van der Waals surface area contributed by atoms with Crippen molar-refractivity contribution in [3.63, 3.8) is 0 Å². The van der Waals surface area contributed by atoms with E-state index in [1.165, 1.54) is 114 Å². The molecule has 294 valence electrons. The first kappa shape index (κ1) is 35.7. The van der Waals surface area contributed by atoms with Gasteiger partial charge in [-0.05, 0) is 112 Å². The molecule has 13 aromatic rings. The quantitative estimate of drug-likeness (QED) is 0.158. The van der Waals surface area contributed by atoms with Gasteiger partial charge in [-0.2, -0.15) is 0 Å². The van der Waals surface area contributed by atoms with E-state index in [2.05, 4.69) is 240 Å². The Morgan fingerprint density at radius 1 is 0.254 bits per heavy atom. The number of aromatic nitrogens is 2. The summed E-state index contributed by atoms with van der Waals surface area (Å²) >= 11 is 1.87. The van der Waals surface area contributed by atoms with Crippen LogP contribution in [0.15, 0.2) is 231 Å². The van der Waals surface area contributed by atoms with Crippen LogP contribution in [0.4, 0.5) is 0 Å². The number of para-hydroxylation sites is 2. The summed E-state index contributed by atoms with van der Waals surface area (Å²) in [6.45, 7) is 0. The van der Waals surface area contributed by atoms with E-state index in [9.17, 15) is 0 Å². The number of rotatable bonds is 6. The van der Waals surface area contributed by atoms with Gasteiger partial charge >= 0.3 is 0 Å². The Hall–Kier alpha value is -7.98. The van der Waals surface area contributed by atoms with Gasteiger partial charge in [0.05, 0.1) is 27.8 Å². The molecule has 0 fully saturated rings. The zero-order chi connectivity index (χ0) is 41.4. The third-order valence-electron chi connectivity index (χ3n) is 12.9. The Labute approximate surface area is 368 Å². The highest BCUT2D eigenvalue weighted by Gasteiger charge is 2.19. The zero-order valence-corrected chi connectivity index (χ0v) is 35.1. The third-order valence-corrected chi connectivity index (χ3v) is 14.1. The number of benzene rings is 10. The van der Waals surface area contributed by atoms with E-state index in [-0.39, 0.29) is 0 Å². The van der Waals surface area contributed by atoms with Crippen molar-refractivity contribution in [2.45, 2.75) is 0 Å². The highest BCUT2D eigenvalue weighted by molar-refractivity contribution is 7.25. The van der Waals surface area contributed by atoms with E-state index < -0.39 is 0 Å². The van der Waals surface area contributed by atoms with Crippen molar-refractivity contribution in [1.82, 2.24) is 9.13 Å². The summed E-state index contributed by atoms with van der Waals surface area (Å²) in [7, 11) is 0. The molecule has 0 N–H and O–H groups in total. The SMILES string of the molecule is c1ccc(-c2cccc(-n3c4ccc(-c5ccc6c(c5)sc5ccccc56)cc4c4cc(-c5ccc6c(c5)c5ccccc5n6-c5ccccc5-c5ccccc5)ccc43)c2)cc1. The lowest BCUT2D eigenvalue weighted by molar-refractivity contribution is 1.18. The maximum Gasteiger partial charge on any atom is 0.0541 e. The van der Waals surface area contributed by atoms with E-state index in [0.717, 1.165) is 5.69 Å². The smallest absolute Gasteiger partial charge is 0.0541 e. The molecule has 0 unspecified atom stereocenters. The Morgan fingerprint density at radius 2 is 0.746 bits per heavy atom. The molecule has 0 amide bonds. The topological polar surface area (TPSA) is 9.86 Å². The fourth-order valence-electron chi connectivity index (χ4n) is 9.96. The summed E-state index contributed by atoms with van der Waals surface area (Å²) in [4.78, 5) is 0. The van der Waals surface area contributed by atoms with Crippen molar-refractivity contribution in [1.29, 1.82) is 0 Å². The second-order valence-electron chi connectivity index (χ2n) is 16.5. The molecule has 3 aromatic heterocycles. The van der Waals surface area contributed by atoms with Gasteiger partial charge in [0.25, 0.3) is 0 Å². The summed E-state index contributed by atoms with van der Waals surface area (Å²) in [5.74, 6) is 0. The number of hydrogen-bond donors (Lipinski definition) is 0. The number of thiophene rings is 1. The van der Waals surface area contributed by atoms with Crippen molar-refractivity contribution in [2.24, 2.45) is 0 Å². The normalized spacial score (nSPS) is 11.8. The van der Waals surface area contributed by atoms with Crippen LogP contribution in [-0.2, 0) is 0 Å². The first-order chi connectivity index (χ1) is 31.2. The second kappa shape index (κ2) is 14.3. The molecule has 0 aliphatic heterocycles. The van der Waals surface area contributed by atoms with Gasteiger partial charge in [0.1, 0.15) is 0 Å². The van der Waals surface area contributed by atoms with Crippen LogP contribution in [0.5, 0.6) is 0 Å². The van der Waals surface area contributed by atoms with E-state index in [1.54, 1.807) is 0 Å². The number of fused-ring (bicyclic) bond motifs is 9. The molecule has 0 radical (unpaired) electrons. The molecule has 3 heterocycles. The van der Waals surface area contributed by atoms with Gasteiger partial charge in [0.15, 0.2) is 0 Å². The van der Waals surface area contributed by atoms with E-state index in [1.807, 2.05) is 11.3 Å². The van der Waals surface area contributed by atoms with Gasteiger partial charge in [-0.1, -0.05) is 158 Å². The van der Waals surface area contributed by atoms with Crippen molar-refractivity contribution >= 4 is 75.1 Å². The van der Waals surface area contributed by atoms with Crippen LogP contribution in [0.25, 0.3) is 120 Å². The van der Waals surface area contributed by atoms with E-state index >= 15 is 0 Å². The maximum absolute atomic E-state index is 2.45. The molecule has 0 saturated carbocycles. The molecule has 0 atom stereocenters. The Morgan fingerprint density at radius 3 is 1.48 bits per heavy atom. The van der Waals surface area contributed by atoms with Crippen molar-refractivity contribution in [3.05, 3.63) is 231 Å². The minimum Gasteiger partial charge on any atom is -0.309 e. The number of nitrogens with zero attached hydrogens (tertiary/aromatic N) is 2. The van der Waals surface area contributed by atoms with Gasteiger partial charge in [-0.25, -0.2) is 0 Å². The Balaban J connectivity index is 1.00. The van der Waals surface area contributed by atoms with Crippen molar-refractivity contribution < 1.29 is 0 Å². The summed E-state index contributed by atoms with van der Waals surface area (Å²) in [6.07, 6.45) is 0. The third kappa shape index (κ3) is 5.78. The monoisotopic (exact) mass is 818 g/mol. The molecule has 0 aliphatic rings. The van der Waals surface area contributed by atoms with E-state index in [0.29, 0.717) is 0 Å². The van der Waals surface area contributed by atoms with Crippen LogP contribution in [0.1, 0.15) is 0 Å². The average molecular weight is 819 g/mol. The fourth-order valence-corrected chi connectivity index (χ4v) is 11.1. The molecule has 3 heteroatoms. The van der Waals surface area contributed by atoms with Crippen LogP contribution >= 0.6 is 11.3 Å². The molecule has 13 rings (SSSR count). The Kier molecular flexibility index (Phi) is 8.12. The summed E-state index contributed by atoms with van der Waals surface area (Å²) in [5, 5.41) is 7.60. The van der Waals surface area contributed by atoms with Crippen LogP contribution in [0, 0.1) is 0 Å². The molecule has 63 heavy (non-hydrogen) atoms. The van der Waals surface area contributed by atoms with Crippen LogP contribution in [-0.4, -0.2) is 9.13 Å². The molecule has 0 spiro atoms. The van der Waals surface area contributed by atoms with Gasteiger partial charge in [0.2, 0.25) is 0 Å². The van der Waals surface area contributed by atoms with Crippen molar-refractivity contribution in [3.8, 4) is 55.9 Å². The van der Waals surface area contributed by atoms with Gasteiger partial charge in [-0.3, -0.25) is 0 Å². The lowest BCUT2D eigenvalue weighted by atomic mass is 9.99. The lowest BCUT2D eigenvalue weighted by Crippen LogP contribution is -1.97. The molecule has 0 aliphatic carbocycles. The standard InChI is InChI=1S/C60H38N2S/c1-3-14-39(15-4-1)41-18-13-19-46(34-41)61-56-31-27-43(36-52(56)53-37-44(28-32-57(53)61)45-26-30-50-49-22-9-12-25-59(49)63-60(50)38-45)42-29-33-58-51(35-42)48-21-8-11-24-55(48)62(58)54-23-10-7-20-47(54)40-16-5-2-6-17-40/h1-38H. The molecule has 10 aromatic carbocycles. The first-order valence-corrected chi connectivity index (χ1v) is 22.4. The largest absolute Gasteiger partial charge is 0.309 e.